The van der Waals surface area contributed by atoms with Crippen molar-refractivity contribution in [1.29, 1.82) is 0 Å². The molecule has 3 atom stereocenters. The highest BCUT2D eigenvalue weighted by atomic mass is 16.6. The fourth-order valence-electron chi connectivity index (χ4n) is 6.68. The Kier molecular flexibility index (Phi) is 4.86. The molecule has 0 N–H and O–H groups in total. The number of rotatable bonds is 3. The van der Waals surface area contributed by atoms with Crippen molar-refractivity contribution in [2.24, 2.45) is 10.8 Å². The third kappa shape index (κ3) is 3.12. The molecule has 1 saturated heterocycles. The quantitative estimate of drug-likeness (QED) is 0.384. The Hall–Kier alpha value is -2.82. The van der Waals surface area contributed by atoms with Crippen molar-refractivity contribution in [2.45, 2.75) is 91.3 Å². The van der Waals surface area contributed by atoms with Crippen LogP contribution in [0, 0.1) is 24.7 Å². The molecule has 0 amide bonds. The van der Waals surface area contributed by atoms with Gasteiger partial charge in [-0.25, -0.2) is 4.79 Å². The van der Waals surface area contributed by atoms with E-state index >= 15 is 0 Å². The van der Waals surface area contributed by atoms with Crippen molar-refractivity contribution in [2.75, 3.05) is 0 Å². The van der Waals surface area contributed by atoms with Gasteiger partial charge in [0.1, 0.15) is 17.1 Å². The van der Waals surface area contributed by atoms with Crippen LogP contribution in [0.25, 0.3) is 0 Å². The van der Waals surface area contributed by atoms with E-state index in [2.05, 4.69) is 45.9 Å². The topological polar surface area (TPSA) is 61.8 Å². The molecule has 35 heavy (non-hydrogen) atoms. The molecule has 2 aromatic rings. The molecule has 5 heteroatoms. The third-order valence-corrected chi connectivity index (χ3v) is 9.30. The minimum Gasteiger partial charge on any atom is -0.482 e. The molecule has 186 valence electrons. The van der Waals surface area contributed by atoms with E-state index in [-0.39, 0.29) is 11.4 Å². The summed E-state index contributed by atoms with van der Waals surface area (Å²) in [4.78, 5) is 26.5. The van der Waals surface area contributed by atoms with Gasteiger partial charge in [-0.3, -0.25) is 4.79 Å². The first-order valence-electron chi connectivity index (χ1n) is 12.5. The number of carbonyl (C=O) groups is 2. The summed E-state index contributed by atoms with van der Waals surface area (Å²) in [7, 11) is 0. The zero-order chi connectivity index (χ0) is 25.6. The minimum absolute atomic E-state index is 0.142. The molecule has 5 rings (SSSR count). The number of carbonyl (C=O) groups excluding carboxylic acids is 2. The molecule has 0 spiro atoms. The van der Waals surface area contributed by atoms with Gasteiger partial charge in [0.2, 0.25) is 5.60 Å². The Balaban J connectivity index is 1.55. The maximum absolute atomic E-state index is 13.8. The Bertz CT molecular complexity index is 1260. The highest BCUT2D eigenvalue weighted by Crippen LogP contribution is 2.66. The van der Waals surface area contributed by atoms with Crippen molar-refractivity contribution in [3.63, 3.8) is 0 Å². The van der Waals surface area contributed by atoms with Gasteiger partial charge in [0, 0.05) is 17.4 Å². The Labute approximate surface area is 208 Å². The number of ether oxygens (including phenoxy) is 3. The predicted octanol–water partition coefficient (Wildman–Crippen LogP) is 6.31. The lowest BCUT2D eigenvalue weighted by Crippen LogP contribution is -2.50. The first kappa shape index (κ1) is 23.9. The molecule has 1 aliphatic carbocycles. The number of aryl methyl sites for hydroxylation is 2. The van der Waals surface area contributed by atoms with Crippen molar-refractivity contribution >= 4 is 11.9 Å². The summed E-state index contributed by atoms with van der Waals surface area (Å²) in [5.41, 5.74) is 0.612. The summed E-state index contributed by atoms with van der Waals surface area (Å²) in [6.45, 7) is 16.3. The molecular weight excluding hydrogens is 440 g/mol. The van der Waals surface area contributed by atoms with Crippen molar-refractivity contribution in [1.82, 2.24) is 0 Å². The summed E-state index contributed by atoms with van der Waals surface area (Å²) in [6, 6.07) is 12.2. The van der Waals surface area contributed by atoms with Crippen LogP contribution in [0.15, 0.2) is 36.4 Å². The molecular formula is C30H36O5. The maximum atomic E-state index is 13.8. The summed E-state index contributed by atoms with van der Waals surface area (Å²) < 4.78 is 18.6. The van der Waals surface area contributed by atoms with Gasteiger partial charge in [0.05, 0.1) is 5.41 Å². The van der Waals surface area contributed by atoms with Gasteiger partial charge in [-0.1, -0.05) is 52.0 Å². The van der Waals surface area contributed by atoms with Crippen LogP contribution >= 0.6 is 0 Å². The summed E-state index contributed by atoms with van der Waals surface area (Å²) in [5.74, 6) is 0.508. The number of benzene rings is 2. The molecule has 1 saturated carbocycles. The zero-order valence-electron chi connectivity index (χ0n) is 22.1. The fourth-order valence-corrected chi connectivity index (χ4v) is 6.68. The van der Waals surface area contributed by atoms with Gasteiger partial charge in [-0.15, -0.1) is 0 Å². The van der Waals surface area contributed by atoms with Crippen molar-refractivity contribution < 1.29 is 23.8 Å². The second kappa shape index (κ2) is 7.11. The van der Waals surface area contributed by atoms with Crippen LogP contribution in [0.2, 0.25) is 0 Å². The SMILES string of the molecule is Cc1ccc2c(c1)O[C@](C)(c1ccc(C)cc1OC(=O)[C@]13CC[C@@](C)(C(=O)O1)C3(C)C)CC2(C)C. The monoisotopic (exact) mass is 476 g/mol. The molecule has 2 aromatic carbocycles. The first-order valence-corrected chi connectivity index (χ1v) is 12.5. The lowest BCUT2D eigenvalue weighted by Gasteiger charge is -2.45. The molecule has 2 aliphatic heterocycles. The second-order valence-corrected chi connectivity index (χ2v) is 12.5. The molecule has 0 unspecified atom stereocenters. The minimum atomic E-state index is -1.28. The van der Waals surface area contributed by atoms with E-state index in [1.165, 1.54) is 5.56 Å². The van der Waals surface area contributed by atoms with E-state index in [0.717, 1.165) is 22.4 Å². The van der Waals surface area contributed by atoms with Crippen LogP contribution in [0.3, 0.4) is 0 Å². The second-order valence-electron chi connectivity index (χ2n) is 12.5. The van der Waals surface area contributed by atoms with Gasteiger partial charge in [-0.05, 0) is 74.8 Å². The van der Waals surface area contributed by atoms with Gasteiger partial charge in [0.15, 0.2) is 0 Å². The van der Waals surface area contributed by atoms with E-state index < -0.39 is 28.0 Å². The normalized spacial score (nSPS) is 31.9. The zero-order valence-corrected chi connectivity index (χ0v) is 22.1. The lowest BCUT2D eigenvalue weighted by molar-refractivity contribution is -0.176. The van der Waals surface area contributed by atoms with Crippen molar-refractivity contribution in [3.8, 4) is 11.5 Å². The standard InChI is InChI=1S/C30H36O5/c1-18-10-12-21(29(8)17-26(3,4)20-11-9-19(2)16-23(20)34-29)22(15-18)33-25(32)30-14-13-28(7,24(31)35-30)27(30,5)6/h9-12,15-16H,13-14,17H2,1-8H3/t28-,29-,30-/m0/s1. The van der Waals surface area contributed by atoms with Crippen molar-refractivity contribution in [3.05, 3.63) is 58.7 Å². The number of hydrogen-bond acceptors (Lipinski definition) is 5. The number of fused-ring (bicyclic) bond motifs is 3. The van der Waals surface area contributed by atoms with E-state index in [9.17, 15) is 9.59 Å². The van der Waals surface area contributed by atoms with E-state index in [1.807, 2.05) is 45.9 Å². The number of esters is 2. The highest BCUT2D eigenvalue weighted by Gasteiger charge is 2.76. The summed E-state index contributed by atoms with van der Waals surface area (Å²) in [5, 5.41) is 0. The van der Waals surface area contributed by atoms with Gasteiger partial charge in [-0.2, -0.15) is 0 Å². The van der Waals surface area contributed by atoms with E-state index in [0.29, 0.717) is 25.0 Å². The largest absolute Gasteiger partial charge is 0.482 e. The first-order chi connectivity index (χ1) is 16.2. The molecule has 2 bridgehead atoms. The average molecular weight is 477 g/mol. The van der Waals surface area contributed by atoms with Crippen LogP contribution in [-0.2, 0) is 25.3 Å². The molecule has 0 aromatic heterocycles. The maximum Gasteiger partial charge on any atom is 0.356 e. The van der Waals surface area contributed by atoms with E-state index in [4.69, 9.17) is 14.2 Å². The lowest BCUT2D eigenvalue weighted by atomic mass is 9.66. The fraction of sp³-hybridized carbons (Fsp3) is 0.533. The van der Waals surface area contributed by atoms with Crippen LogP contribution in [-0.4, -0.2) is 17.5 Å². The Morgan fingerprint density at radius 1 is 0.857 bits per heavy atom. The summed E-state index contributed by atoms with van der Waals surface area (Å²) in [6.07, 6.45) is 1.79. The van der Waals surface area contributed by atoms with Crippen LogP contribution < -0.4 is 9.47 Å². The third-order valence-electron chi connectivity index (χ3n) is 9.30. The Morgan fingerprint density at radius 3 is 2.09 bits per heavy atom. The van der Waals surface area contributed by atoms with Crippen LogP contribution in [0.1, 0.15) is 83.1 Å². The van der Waals surface area contributed by atoms with Gasteiger partial charge in [0.25, 0.3) is 0 Å². The molecule has 2 heterocycles. The summed E-state index contributed by atoms with van der Waals surface area (Å²) >= 11 is 0. The highest BCUT2D eigenvalue weighted by molar-refractivity contribution is 5.94. The van der Waals surface area contributed by atoms with Crippen LogP contribution in [0.5, 0.6) is 11.5 Å². The molecule has 5 nitrogen and oxygen atoms in total. The molecule has 3 aliphatic rings. The molecule has 2 fully saturated rings. The average Bonchev–Trinajstić information content (AvgIpc) is 3.03. The number of hydrogen-bond donors (Lipinski definition) is 0. The van der Waals surface area contributed by atoms with E-state index in [1.54, 1.807) is 0 Å². The van der Waals surface area contributed by atoms with Crippen LogP contribution in [0.4, 0.5) is 0 Å². The smallest absolute Gasteiger partial charge is 0.356 e. The predicted molar refractivity (Wildman–Crippen MR) is 134 cm³/mol. The van der Waals surface area contributed by atoms with Gasteiger partial charge >= 0.3 is 11.9 Å². The molecule has 0 radical (unpaired) electrons. The Morgan fingerprint density at radius 2 is 1.49 bits per heavy atom. The van der Waals surface area contributed by atoms with Gasteiger partial charge < -0.3 is 14.2 Å².